The highest BCUT2D eigenvalue weighted by atomic mass is 32.2. The van der Waals surface area contributed by atoms with Crippen molar-refractivity contribution in [3.63, 3.8) is 0 Å². The lowest BCUT2D eigenvalue weighted by molar-refractivity contribution is -0.386. The summed E-state index contributed by atoms with van der Waals surface area (Å²) in [7, 11) is -2.62. The van der Waals surface area contributed by atoms with Gasteiger partial charge in [-0.15, -0.1) is 11.3 Å². The number of nitro benzene ring substituents is 1. The number of ether oxygens (including phenoxy) is 2. The van der Waals surface area contributed by atoms with E-state index in [0.29, 0.717) is 0 Å². The fraction of sp³-hybridized carbons (Fsp3) is 0.263. The molecule has 4 rings (SSSR count). The van der Waals surface area contributed by atoms with Gasteiger partial charge < -0.3 is 9.47 Å². The Hall–Kier alpha value is -2.53. The summed E-state index contributed by atoms with van der Waals surface area (Å²) in [5.41, 5.74) is -0.386. The summed E-state index contributed by atoms with van der Waals surface area (Å²) in [6.07, 6.45) is -0.385. The molecule has 1 unspecified atom stereocenters. The fourth-order valence-electron chi connectivity index (χ4n) is 3.30. The van der Waals surface area contributed by atoms with E-state index >= 15 is 0 Å². The van der Waals surface area contributed by atoms with Crippen LogP contribution in [0.4, 0.5) is 5.69 Å². The lowest BCUT2D eigenvalue weighted by atomic mass is 10.2. The summed E-state index contributed by atoms with van der Waals surface area (Å²) in [5.74, 6) is 0.0130. The average Bonchev–Trinajstić information content (AvgIpc) is 3.17. The van der Waals surface area contributed by atoms with Crippen LogP contribution < -0.4 is 4.74 Å². The smallest absolute Gasteiger partial charge is 0.312 e. The van der Waals surface area contributed by atoms with E-state index in [2.05, 4.69) is 0 Å². The molecule has 1 fully saturated rings. The SMILES string of the molecule is COc1ccc(S(=O)(=O)N2CCOC(c3cc4ccccc4s3)C2)cc1[N+](=O)[O-]. The van der Waals surface area contributed by atoms with Gasteiger partial charge >= 0.3 is 5.69 Å². The third-order valence-electron chi connectivity index (χ3n) is 4.78. The molecular weight excluding hydrogens is 416 g/mol. The van der Waals surface area contributed by atoms with E-state index in [4.69, 9.17) is 9.47 Å². The van der Waals surface area contributed by atoms with Gasteiger partial charge in [-0.05, 0) is 29.7 Å². The molecule has 0 N–H and O–H groups in total. The van der Waals surface area contributed by atoms with Crippen molar-refractivity contribution in [2.45, 2.75) is 11.0 Å². The molecule has 1 atom stereocenters. The molecule has 152 valence electrons. The first-order valence-electron chi connectivity index (χ1n) is 8.83. The first-order chi connectivity index (χ1) is 13.9. The van der Waals surface area contributed by atoms with Gasteiger partial charge in [0.2, 0.25) is 10.0 Å². The Bertz CT molecular complexity index is 1140. The molecule has 2 heterocycles. The standard InChI is InChI=1S/C19H18N2O6S2/c1-26-16-7-6-14(11-15(16)21(22)23)29(24,25)20-8-9-27-17(12-20)19-10-13-4-2-3-5-18(13)28-19/h2-7,10-11,17H,8-9,12H2,1H3. The van der Waals surface area contributed by atoms with E-state index in [9.17, 15) is 18.5 Å². The summed E-state index contributed by atoms with van der Waals surface area (Å²) in [6.45, 7) is 0.578. The van der Waals surface area contributed by atoms with Crippen LogP contribution in [-0.4, -0.2) is 44.5 Å². The molecule has 29 heavy (non-hydrogen) atoms. The maximum absolute atomic E-state index is 13.1. The van der Waals surface area contributed by atoms with E-state index in [0.717, 1.165) is 21.0 Å². The monoisotopic (exact) mass is 434 g/mol. The molecule has 3 aromatic rings. The highest BCUT2D eigenvalue weighted by Crippen LogP contribution is 2.35. The number of benzene rings is 2. The van der Waals surface area contributed by atoms with Crippen molar-refractivity contribution in [2.24, 2.45) is 0 Å². The molecule has 0 radical (unpaired) electrons. The van der Waals surface area contributed by atoms with Crippen LogP contribution in [0.2, 0.25) is 0 Å². The van der Waals surface area contributed by atoms with Crippen molar-refractivity contribution in [3.8, 4) is 5.75 Å². The molecule has 1 saturated heterocycles. The number of morpholine rings is 1. The molecule has 0 amide bonds. The lowest BCUT2D eigenvalue weighted by Gasteiger charge is -2.31. The molecule has 1 aliphatic heterocycles. The number of nitro groups is 1. The Kier molecular flexibility index (Phi) is 5.26. The number of sulfonamides is 1. The zero-order valence-corrected chi connectivity index (χ0v) is 17.1. The molecule has 1 aromatic heterocycles. The van der Waals surface area contributed by atoms with Crippen molar-refractivity contribution in [1.29, 1.82) is 0 Å². The minimum Gasteiger partial charge on any atom is -0.490 e. The van der Waals surface area contributed by atoms with Crippen LogP contribution in [0, 0.1) is 10.1 Å². The Morgan fingerprint density at radius 3 is 2.76 bits per heavy atom. The van der Waals surface area contributed by atoms with Gasteiger partial charge in [-0.1, -0.05) is 18.2 Å². The van der Waals surface area contributed by atoms with Crippen LogP contribution in [0.1, 0.15) is 11.0 Å². The maximum Gasteiger partial charge on any atom is 0.312 e. The van der Waals surface area contributed by atoms with Crippen molar-refractivity contribution < 1.29 is 22.8 Å². The van der Waals surface area contributed by atoms with E-state index in [1.54, 1.807) is 11.3 Å². The van der Waals surface area contributed by atoms with E-state index in [1.165, 1.54) is 23.5 Å². The van der Waals surface area contributed by atoms with Crippen LogP contribution >= 0.6 is 11.3 Å². The molecule has 8 nitrogen and oxygen atoms in total. The highest BCUT2D eigenvalue weighted by molar-refractivity contribution is 7.89. The van der Waals surface area contributed by atoms with Crippen molar-refractivity contribution in [3.05, 3.63) is 63.5 Å². The number of thiophene rings is 1. The van der Waals surface area contributed by atoms with Gasteiger partial charge in [-0.2, -0.15) is 4.31 Å². The second-order valence-electron chi connectivity index (χ2n) is 6.50. The van der Waals surface area contributed by atoms with Crippen molar-refractivity contribution in [1.82, 2.24) is 4.31 Å². The van der Waals surface area contributed by atoms with Gasteiger partial charge in [0.15, 0.2) is 5.75 Å². The third-order valence-corrected chi connectivity index (χ3v) is 7.85. The van der Waals surface area contributed by atoms with Crippen LogP contribution in [-0.2, 0) is 14.8 Å². The average molecular weight is 434 g/mol. The number of hydrogen-bond acceptors (Lipinski definition) is 7. The maximum atomic E-state index is 13.1. The molecule has 0 spiro atoms. The number of rotatable bonds is 5. The summed E-state index contributed by atoms with van der Waals surface area (Å²) in [5, 5.41) is 12.3. The van der Waals surface area contributed by atoms with E-state index in [1.807, 2.05) is 30.3 Å². The lowest BCUT2D eigenvalue weighted by Crippen LogP contribution is -2.42. The topological polar surface area (TPSA) is 99.0 Å². The summed E-state index contributed by atoms with van der Waals surface area (Å²) in [6, 6.07) is 13.6. The van der Waals surface area contributed by atoms with E-state index in [-0.39, 0.29) is 42.1 Å². The van der Waals surface area contributed by atoms with Crippen LogP contribution in [0.5, 0.6) is 5.75 Å². The van der Waals surface area contributed by atoms with Crippen molar-refractivity contribution in [2.75, 3.05) is 26.8 Å². The summed E-state index contributed by atoms with van der Waals surface area (Å²) < 4.78 is 39.5. The Labute approximate surface area is 171 Å². The van der Waals surface area contributed by atoms with Gasteiger partial charge in [-0.3, -0.25) is 10.1 Å². The normalized spacial score (nSPS) is 18.0. The van der Waals surface area contributed by atoms with E-state index < -0.39 is 14.9 Å². The van der Waals surface area contributed by atoms with Crippen LogP contribution in [0.25, 0.3) is 10.1 Å². The molecule has 0 bridgehead atoms. The number of nitrogens with zero attached hydrogens (tertiary/aromatic N) is 2. The number of methoxy groups -OCH3 is 1. The van der Waals surface area contributed by atoms with Gasteiger partial charge in [0, 0.05) is 28.7 Å². The second-order valence-corrected chi connectivity index (χ2v) is 9.55. The fourth-order valence-corrected chi connectivity index (χ4v) is 5.85. The first-order valence-corrected chi connectivity index (χ1v) is 11.1. The largest absolute Gasteiger partial charge is 0.490 e. The molecule has 10 heteroatoms. The Morgan fingerprint density at radius 1 is 1.24 bits per heavy atom. The summed E-state index contributed by atoms with van der Waals surface area (Å²) in [4.78, 5) is 11.4. The predicted molar refractivity (Wildman–Crippen MR) is 109 cm³/mol. The van der Waals surface area contributed by atoms with Crippen molar-refractivity contribution >= 4 is 37.1 Å². The minimum absolute atomic E-state index is 0.0130. The molecule has 0 saturated carbocycles. The predicted octanol–water partition coefficient (Wildman–Crippen LogP) is 3.58. The zero-order valence-electron chi connectivity index (χ0n) is 15.5. The molecular formula is C19H18N2O6S2. The van der Waals surface area contributed by atoms with Crippen LogP contribution in [0.15, 0.2) is 53.4 Å². The minimum atomic E-state index is -3.92. The van der Waals surface area contributed by atoms with Gasteiger partial charge in [0.25, 0.3) is 0 Å². The second kappa shape index (κ2) is 7.71. The third kappa shape index (κ3) is 3.71. The molecule has 1 aliphatic rings. The van der Waals surface area contributed by atoms with Crippen LogP contribution in [0.3, 0.4) is 0 Å². The highest BCUT2D eigenvalue weighted by Gasteiger charge is 2.33. The Morgan fingerprint density at radius 2 is 2.03 bits per heavy atom. The van der Waals surface area contributed by atoms with Gasteiger partial charge in [0.1, 0.15) is 6.10 Å². The zero-order chi connectivity index (χ0) is 20.6. The quantitative estimate of drug-likeness (QED) is 0.450. The molecule has 2 aromatic carbocycles. The van der Waals surface area contributed by atoms with Gasteiger partial charge in [0.05, 0.1) is 23.5 Å². The Balaban J connectivity index is 1.63. The molecule has 0 aliphatic carbocycles. The number of fused-ring (bicyclic) bond motifs is 1. The summed E-state index contributed by atoms with van der Waals surface area (Å²) >= 11 is 1.57. The first kappa shape index (κ1) is 19.8. The number of hydrogen-bond donors (Lipinski definition) is 0. The van der Waals surface area contributed by atoms with Gasteiger partial charge in [-0.25, -0.2) is 8.42 Å².